The third kappa shape index (κ3) is 2.86. The Labute approximate surface area is 107 Å². The normalized spacial score (nSPS) is 11.4. The highest BCUT2D eigenvalue weighted by Gasteiger charge is 2.14. The van der Waals surface area contributed by atoms with Crippen LogP contribution in [0, 0.1) is 0 Å². The number of halogens is 1. The molecule has 1 heterocycles. The van der Waals surface area contributed by atoms with E-state index in [1.807, 2.05) is 0 Å². The van der Waals surface area contributed by atoms with Crippen LogP contribution >= 0.6 is 15.9 Å². The number of nitrogens with one attached hydrogen (secondary N) is 2. The van der Waals surface area contributed by atoms with Crippen LogP contribution in [-0.2, 0) is 15.4 Å². The van der Waals surface area contributed by atoms with Gasteiger partial charge in [0.05, 0.1) is 4.90 Å². The molecule has 0 fully saturated rings. The number of alkyl halides is 1. The number of rotatable bonds is 4. The number of aromatic amines is 1. The third-order valence-corrected chi connectivity index (χ3v) is 4.12. The molecule has 2 rings (SSSR count). The molecule has 0 saturated carbocycles. The lowest BCUT2D eigenvalue weighted by Crippen LogP contribution is -2.13. The smallest absolute Gasteiger partial charge is 0.264 e. The van der Waals surface area contributed by atoms with Gasteiger partial charge in [0.1, 0.15) is 0 Å². The molecule has 90 valence electrons. The van der Waals surface area contributed by atoms with E-state index in [0.717, 1.165) is 5.56 Å². The molecule has 1 aromatic carbocycles. The number of imidazole rings is 1. The number of nitrogens with zero attached hydrogens (tertiary/aromatic N) is 1. The Kier molecular flexibility index (Phi) is 3.49. The number of H-pyrrole nitrogens is 1. The van der Waals surface area contributed by atoms with Crippen LogP contribution < -0.4 is 4.72 Å². The molecule has 2 aromatic rings. The Balaban J connectivity index is 2.25. The van der Waals surface area contributed by atoms with E-state index in [-0.39, 0.29) is 10.8 Å². The van der Waals surface area contributed by atoms with E-state index in [2.05, 4.69) is 30.6 Å². The molecule has 5 nitrogen and oxygen atoms in total. The number of hydrogen-bond acceptors (Lipinski definition) is 3. The minimum Gasteiger partial charge on any atom is -0.330 e. The van der Waals surface area contributed by atoms with E-state index >= 15 is 0 Å². The van der Waals surface area contributed by atoms with Crippen LogP contribution in [0.3, 0.4) is 0 Å². The molecule has 0 atom stereocenters. The Bertz CT molecular complexity index is 579. The lowest BCUT2D eigenvalue weighted by molar-refractivity contribution is 0.601. The van der Waals surface area contributed by atoms with Crippen molar-refractivity contribution in [3.05, 3.63) is 42.2 Å². The average Bonchev–Trinajstić information content (AvgIpc) is 2.81. The zero-order chi connectivity index (χ0) is 12.3. The molecule has 0 aliphatic carbocycles. The molecule has 0 unspecified atom stereocenters. The highest BCUT2D eigenvalue weighted by atomic mass is 79.9. The first kappa shape index (κ1) is 12.1. The minimum atomic E-state index is -3.57. The van der Waals surface area contributed by atoms with Gasteiger partial charge in [-0.25, -0.2) is 18.1 Å². The highest BCUT2D eigenvalue weighted by Crippen LogP contribution is 2.15. The fourth-order valence-electron chi connectivity index (χ4n) is 1.26. The van der Waals surface area contributed by atoms with Crippen molar-refractivity contribution in [3.63, 3.8) is 0 Å². The summed E-state index contributed by atoms with van der Waals surface area (Å²) in [5, 5.41) is 0.693. The monoisotopic (exact) mass is 315 g/mol. The summed E-state index contributed by atoms with van der Waals surface area (Å²) < 4.78 is 26.2. The summed E-state index contributed by atoms with van der Waals surface area (Å²) in [6, 6.07) is 6.63. The van der Waals surface area contributed by atoms with Crippen molar-refractivity contribution in [1.82, 2.24) is 9.97 Å². The largest absolute Gasteiger partial charge is 0.330 e. The summed E-state index contributed by atoms with van der Waals surface area (Å²) in [4.78, 5) is 6.69. The Morgan fingerprint density at radius 2 is 2.00 bits per heavy atom. The third-order valence-electron chi connectivity index (χ3n) is 2.12. The van der Waals surface area contributed by atoms with E-state index in [4.69, 9.17) is 0 Å². The molecule has 0 amide bonds. The fraction of sp³-hybridized carbons (Fsp3) is 0.100. The lowest BCUT2D eigenvalue weighted by Gasteiger charge is -2.05. The number of anilines is 1. The number of sulfonamides is 1. The number of aromatic nitrogens is 2. The minimum absolute atomic E-state index is 0.203. The second kappa shape index (κ2) is 4.89. The maximum absolute atomic E-state index is 11.9. The van der Waals surface area contributed by atoms with Gasteiger partial charge in [-0.3, -0.25) is 0 Å². The van der Waals surface area contributed by atoms with E-state index in [1.165, 1.54) is 6.20 Å². The summed E-state index contributed by atoms with van der Waals surface area (Å²) in [6.07, 6.45) is 3.03. The molecule has 0 spiro atoms. The van der Waals surface area contributed by atoms with Gasteiger partial charge in [-0.15, -0.1) is 0 Å². The van der Waals surface area contributed by atoms with Gasteiger partial charge in [0.25, 0.3) is 10.0 Å². The van der Waals surface area contributed by atoms with Gasteiger partial charge in [-0.2, -0.15) is 0 Å². The van der Waals surface area contributed by atoms with E-state index in [9.17, 15) is 8.42 Å². The first-order valence-corrected chi connectivity index (χ1v) is 7.39. The van der Waals surface area contributed by atoms with E-state index in [0.29, 0.717) is 5.33 Å². The molecule has 2 N–H and O–H groups in total. The summed E-state index contributed by atoms with van der Waals surface area (Å²) in [5.74, 6) is 0.203. The van der Waals surface area contributed by atoms with E-state index in [1.54, 1.807) is 30.5 Å². The topological polar surface area (TPSA) is 74.8 Å². The first-order valence-electron chi connectivity index (χ1n) is 4.79. The molecule has 0 aliphatic heterocycles. The van der Waals surface area contributed by atoms with Crippen molar-refractivity contribution in [2.45, 2.75) is 10.2 Å². The molecule has 0 radical (unpaired) electrons. The van der Waals surface area contributed by atoms with Crippen LogP contribution in [-0.4, -0.2) is 18.4 Å². The molecule has 7 heteroatoms. The molecule has 0 aliphatic rings. The van der Waals surface area contributed by atoms with Crippen LogP contribution in [0.15, 0.2) is 41.6 Å². The van der Waals surface area contributed by atoms with Crippen LogP contribution in [0.4, 0.5) is 5.95 Å². The summed E-state index contributed by atoms with van der Waals surface area (Å²) in [5.41, 5.74) is 1.02. The molecule has 17 heavy (non-hydrogen) atoms. The van der Waals surface area contributed by atoms with Crippen LogP contribution in [0.2, 0.25) is 0 Å². The van der Waals surface area contributed by atoms with Gasteiger partial charge in [-0.05, 0) is 17.7 Å². The predicted octanol–water partition coefficient (Wildman–Crippen LogP) is 2.11. The molecule has 0 bridgehead atoms. The molecule has 1 aromatic heterocycles. The van der Waals surface area contributed by atoms with Gasteiger partial charge in [-0.1, -0.05) is 28.1 Å². The van der Waals surface area contributed by atoms with Crippen molar-refractivity contribution >= 4 is 31.9 Å². The standard InChI is InChI=1S/C10H10BrN3O2S/c11-7-8-1-3-9(4-2-8)17(15,16)14-10-12-5-6-13-10/h1-6H,7H2,(H2,12,13,14). The van der Waals surface area contributed by atoms with Crippen LogP contribution in [0.25, 0.3) is 0 Å². The predicted molar refractivity (Wildman–Crippen MR) is 68.5 cm³/mol. The zero-order valence-corrected chi connectivity index (χ0v) is 11.1. The average molecular weight is 316 g/mol. The van der Waals surface area contributed by atoms with Crippen LogP contribution in [0.5, 0.6) is 0 Å². The number of benzene rings is 1. The van der Waals surface area contributed by atoms with Gasteiger partial charge in [0.2, 0.25) is 5.95 Å². The summed E-state index contributed by atoms with van der Waals surface area (Å²) in [7, 11) is -3.57. The van der Waals surface area contributed by atoms with Gasteiger partial charge in [0.15, 0.2) is 0 Å². The van der Waals surface area contributed by atoms with E-state index < -0.39 is 10.0 Å². The van der Waals surface area contributed by atoms with Crippen LogP contribution in [0.1, 0.15) is 5.56 Å². The summed E-state index contributed by atoms with van der Waals surface area (Å²) in [6.45, 7) is 0. The van der Waals surface area contributed by atoms with Gasteiger partial charge >= 0.3 is 0 Å². The Morgan fingerprint density at radius 1 is 1.29 bits per heavy atom. The first-order chi connectivity index (χ1) is 8.12. The lowest BCUT2D eigenvalue weighted by atomic mass is 10.2. The SMILES string of the molecule is O=S(=O)(Nc1ncc[nH]1)c1ccc(CBr)cc1. The van der Waals surface area contributed by atoms with Crippen molar-refractivity contribution in [1.29, 1.82) is 0 Å². The molecule has 0 saturated heterocycles. The van der Waals surface area contributed by atoms with Crippen molar-refractivity contribution in [2.75, 3.05) is 4.72 Å². The second-order valence-corrected chi connectivity index (χ2v) is 5.56. The van der Waals surface area contributed by atoms with Crippen molar-refractivity contribution < 1.29 is 8.42 Å². The summed E-state index contributed by atoms with van der Waals surface area (Å²) >= 11 is 3.30. The maximum Gasteiger partial charge on any atom is 0.264 e. The molecular weight excluding hydrogens is 306 g/mol. The number of hydrogen-bond donors (Lipinski definition) is 2. The van der Waals surface area contributed by atoms with Gasteiger partial charge in [0, 0.05) is 17.7 Å². The Morgan fingerprint density at radius 3 is 2.53 bits per heavy atom. The molecular formula is C10H10BrN3O2S. The maximum atomic E-state index is 11.9. The van der Waals surface area contributed by atoms with Crippen molar-refractivity contribution in [3.8, 4) is 0 Å². The quantitative estimate of drug-likeness (QED) is 0.848. The van der Waals surface area contributed by atoms with Gasteiger partial charge < -0.3 is 4.98 Å². The zero-order valence-electron chi connectivity index (χ0n) is 8.72. The fourth-order valence-corrected chi connectivity index (χ4v) is 2.62. The highest BCUT2D eigenvalue weighted by molar-refractivity contribution is 9.08. The second-order valence-electron chi connectivity index (χ2n) is 3.32. The Hall–Kier alpha value is -1.34. The van der Waals surface area contributed by atoms with Crippen molar-refractivity contribution in [2.24, 2.45) is 0 Å².